The number of rotatable bonds is 4. The normalized spacial score (nSPS) is 26.6. The molecule has 0 aromatic heterocycles. The minimum absolute atomic E-state index is 0.217. The van der Waals surface area contributed by atoms with Crippen LogP contribution in [0, 0.1) is 0 Å². The molecule has 0 aromatic carbocycles. The quantitative estimate of drug-likeness (QED) is 0.678. The molecule has 0 radical (unpaired) electrons. The average Bonchev–Trinajstić information content (AvgIpc) is 2.55. The lowest BCUT2D eigenvalue weighted by Gasteiger charge is -2.15. The van der Waals surface area contributed by atoms with Crippen molar-refractivity contribution in [3.05, 3.63) is 0 Å². The van der Waals surface area contributed by atoms with Gasteiger partial charge in [-0.1, -0.05) is 0 Å². The number of carbonyl (C=O) groups is 2. The molecule has 0 unspecified atom stereocenters. The first kappa shape index (κ1) is 13.9. The molecule has 6 heteroatoms. The Labute approximate surface area is 100 Å². The van der Waals surface area contributed by atoms with Gasteiger partial charge in [-0.25, -0.2) is 9.59 Å². The van der Waals surface area contributed by atoms with E-state index in [0.717, 1.165) is 0 Å². The number of hydrogen-bond acceptors (Lipinski definition) is 6. The van der Waals surface area contributed by atoms with Gasteiger partial charge in [0.15, 0.2) is 18.0 Å². The summed E-state index contributed by atoms with van der Waals surface area (Å²) in [5.41, 5.74) is 0. The van der Waals surface area contributed by atoms with E-state index in [1.807, 2.05) is 0 Å². The van der Waals surface area contributed by atoms with Gasteiger partial charge in [-0.3, -0.25) is 0 Å². The van der Waals surface area contributed by atoms with Crippen molar-refractivity contribution in [2.45, 2.75) is 45.7 Å². The second-order valence-electron chi connectivity index (χ2n) is 3.98. The first-order valence-corrected chi connectivity index (χ1v) is 5.60. The molecule has 0 aromatic rings. The van der Waals surface area contributed by atoms with Crippen LogP contribution in [0.5, 0.6) is 0 Å². The summed E-state index contributed by atoms with van der Waals surface area (Å²) >= 11 is 0. The summed E-state index contributed by atoms with van der Waals surface area (Å²) in [5.74, 6) is -2.23. The zero-order chi connectivity index (χ0) is 13.1. The molecule has 2 atom stereocenters. The van der Waals surface area contributed by atoms with E-state index in [4.69, 9.17) is 18.9 Å². The maximum absolute atomic E-state index is 11.6. The molecule has 6 nitrogen and oxygen atoms in total. The van der Waals surface area contributed by atoms with Gasteiger partial charge in [0.1, 0.15) is 0 Å². The Bertz CT molecular complexity index is 270. The van der Waals surface area contributed by atoms with E-state index in [2.05, 4.69) is 0 Å². The lowest BCUT2D eigenvalue weighted by atomic mass is 10.2. The van der Waals surface area contributed by atoms with E-state index < -0.39 is 29.9 Å². The van der Waals surface area contributed by atoms with Crippen molar-refractivity contribution >= 4 is 11.9 Å². The first-order valence-electron chi connectivity index (χ1n) is 5.60. The minimum atomic E-state index is -1.07. The van der Waals surface area contributed by atoms with E-state index in [1.54, 1.807) is 27.7 Å². The van der Waals surface area contributed by atoms with Gasteiger partial charge in [0, 0.05) is 0 Å². The fourth-order valence-corrected chi connectivity index (χ4v) is 1.56. The van der Waals surface area contributed by atoms with E-state index in [1.165, 1.54) is 0 Å². The van der Waals surface area contributed by atoms with E-state index in [9.17, 15) is 9.59 Å². The summed E-state index contributed by atoms with van der Waals surface area (Å²) in [4.78, 5) is 23.2. The predicted molar refractivity (Wildman–Crippen MR) is 57.1 cm³/mol. The zero-order valence-electron chi connectivity index (χ0n) is 10.5. The van der Waals surface area contributed by atoms with Crippen LogP contribution >= 0.6 is 0 Å². The lowest BCUT2D eigenvalue weighted by molar-refractivity contribution is -0.173. The summed E-state index contributed by atoms with van der Waals surface area (Å²) in [7, 11) is 0. The van der Waals surface area contributed by atoms with Crippen LogP contribution in [0.4, 0.5) is 0 Å². The highest BCUT2D eigenvalue weighted by atomic mass is 16.8. The van der Waals surface area contributed by atoms with Gasteiger partial charge in [-0.2, -0.15) is 0 Å². The van der Waals surface area contributed by atoms with Crippen LogP contribution < -0.4 is 0 Å². The van der Waals surface area contributed by atoms with Crippen molar-refractivity contribution in [3.8, 4) is 0 Å². The second kappa shape index (κ2) is 5.46. The van der Waals surface area contributed by atoms with Crippen molar-refractivity contribution < 1.29 is 28.5 Å². The fourth-order valence-electron chi connectivity index (χ4n) is 1.56. The molecule has 1 aliphatic heterocycles. The smallest absolute Gasteiger partial charge is 0.338 e. The average molecular weight is 246 g/mol. The maximum atomic E-state index is 11.6. The Kier molecular flexibility index (Phi) is 4.47. The van der Waals surface area contributed by atoms with Crippen molar-refractivity contribution in [3.63, 3.8) is 0 Å². The molecule has 17 heavy (non-hydrogen) atoms. The summed E-state index contributed by atoms with van der Waals surface area (Å²) in [6.07, 6.45) is -2.13. The van der Waals surface area contributed by atoms with Crippen molar-refractivity contribution in [1.29, 1.82) is 0 Å². The van der Waals surface area contributed by atoms with Crippen molar-refractivity contribution in [2.75, 3.05) is 13.2 Å². The van der Waals surface area contributed by atoms with Crippen LogP contribution in [0.2, 0.25) is 0 Å². The molecule has 98 valence electrons. The second-order valence-corrected chi connectivity index (χ2v) is 3.98. The number of ether oxygens (including phenoxy) is 4. The minimum Gasteiger partial charge on any atom is -0.464 e. The highest BCUT2D eigenvalue weighted by Gasteiger charge is 2.50. The monoisotopic (exact) mass is 246 g/mol. The van der Waals surface area contributed by atoms with E-state index in [-0.39, 0.29) is 13.2 Å². The van der Waals surface area contributed by atoms with Gasteiger partial charge in [-0.15, -0.1) is 0 Å². The molecule has 1 aliphatic rings. The summed E-state index contributed by atoms with van der Waals surface area (Å²) in [5, 5.41) is 0. The molecule has 1 saturated heterocycles. The third-order valence-corrected chi connectivity index (χ3v) is 2.13. The molecule has 0 bridgehead atoms. The number of carbonyl (C=O) groups excluding carboxylic acids is 2. The van der Waals surface area contributed by atoms with Crippen molar-refractivity contribution in [2.24, 2.45) is 0 Å². The summed E-state index contributed by atoms with van der Waals surface area (Å²) in [6, 6.07) is 0. The number of esters is 2. The fraction of sp³-hybridized carbons (Fsp3) is 0.818. The Hall–Kier alpha value is -1.14. The zero-order valence-corrected chi connectivity index (χ0v) is 10.5. The highest BCUT2D eigenvalue weighted by molar-refractivity contribution is 5.86. The van der Waals surface area contributed by atoms with E-state index in [0.29, 0.717) is 0 Å². The van der Waals surface area contributed by atoms with Gasteiger partial charge in [0.2, 0.25) is 0 Å². The lowest BCUT2D eigenvalue weighted by Crippen LogP contribution is -2.39. The highest BCUT2D eigenvalue weighted by Crippen LogP contribution is 2.29. The van der Waals surface area contributed by atoms with Crippen LogP contribution in [0.15, 0.2) is 0 Å². The topological polar surface area (TPSA) is 71.1 Å². The molecule has 0 saturated carbocycles. The standard InChI is InChI=1S/C11H18O6/c1-5-14-9(12)7-8(10(13)15-6-2)17-11(3,4)16-7/h7-8H,5-6H2,1-4H3/t7-,8-/m0/s1. The van der Waals surface area contributed by atoms with Crippen LogP contribution in [-0.2, 0) is 28.5 Å². The SMILES string of the molecule is CCOC(=O)[C@H]1OC(C)(C)O[C@@H]1C(=O)OCC. The summed E-state index contributed by atoms with van der Waals surface area (Å²) in [6.45, 7) is 7.04. The Balaban J connectivity index is 2.77. The van der Waals surface area contributed by atoms with Gasteiger partial charge >= 0.3 is 11.9 Å². The van der Waals surface area contributed by atoms with Crippen LogP contribution in [-0.4, -0.2) is 43.1 Å². The van der Waals surface area contributed by atoms with Crippen LogP contribution in [0.3, 0.4) is 0 Å². The Morgan fingerprint density at radius 3 is 1.65 bits per heavy atom. The Morgan fingerprint density at radius 2 is 1.35 bits per heavy atom. The molecule has 1 rings (SSSR count). The molecular formula is C11H18O6. The third-order valence-electron chi connectivity index (χ3n) is 2.13. The molecule has 0 amide bonds. The van der Waals surface area contributed by atoms with Crippen LogP contribution in [0.1, 0.15) is 27.7 Å². The van der Waals surface area contributed by atoms with Crippen LogP contribution in [0.25, 0.3) is 0 Å². The maximum Gasteiger partial charge on any atom is 0.338 e. The van der Waals surface area contributed by atoms with Gasteiger partial charge in [0.05, 0.1) is 13.2 Å². The van der Waals surface area contributed by atoms with E-state index >= 15 is 0 Å². The van der Waals surface area contributed by atoms with Gasteiger partial charge < -0.3 is 18.9 Å². The summed E-state index contributed by atoms with van der Waals surface area (Å²) < 4.78 is 20.3. The molecule has 0 N–H and O–H groups in total. The molecule has 0 aliphatic carbocycles. The first-order chi connectivity index (χ1) is 7.91. The number of hydrogen-bond donors (Lipinski definition) is 0. The third kappa shape index (κ3) is 3.41. The molecular weight excluding hydrogens is 228 g/mol. The van der Waals surface area contributed by atoms with Gasteiger partial charge in [-0.05, 0) is 27.7 Å². The molecule has 1 fully saturated rings. The van der Waals surface area contributed by atoms with Crippen molar-refractivity contribution in [1.82, 2.24) is 0 Å². The largest absolute Gasteiger partial charge is 0.464 e. The van der Waals surface area contributed by atoms with Gasteiger partial charge in [0.25, 0.3) is 0 Å². The molecule has 1 heterocycles. The molecule has 0 spiro atoms. The predicted octanol–water partition coefficient (Wildman–Crippen LogP) is 0.633. The Morgan fingerprint density at radius 1 is 1.00 bits per heavy atom.